The van der Waals surface area contributed by atoms with Crippen molar-refractivity contribution in [3.8, 4) is 0 Å². The van der Waals surface area contributed by atoms with Gasteiger partial charge in [-0.2, -0.15) is 0 Å². The van der Waals surface area contributed by atoms with Gasteiger partial charge in [0.05, 0.1) is 25.4 Å². The quantitative estimate of drug-likeness (QED) is 0.573. The summed E-state index contributed by atoms with van der Waals surface area (Å²) < 4.78 is 4.98. The molecule has 0 bridgehead atoms. The Balaban J connectivity index is 2.68. The van der Waals surface area contributed by atoms with Crippen LogP contribution < -0.4 is 0 Å². The molecule has 0 unspecified atom stereocenters. The summed E-state index contributed by atoms with van der Waals surface area (Å²) >= 11 is 1.63. The Labute approximate surface area is 125 Å². The molecule has 0 atom stereocenters. The van der Waals surface area contributed by atoms with Crippen LogP contribution in [0.3, 0.4) is 0 Å². The molecule has 0 N–H and O–H groups in total. The number of carbonyl (C=O) groups is 1. The second-order valence-electron chi connectivity index (χ2n) is 5.64. The monoisotopic (exact) mass is 296 g/mol. The lowest BCUT2D eigenvalue weighted by molar-refractivity contribution is -0.144. The fourth-order valence-corrected chi connectivity index (χ4v) is 2.74. The first-order chi connectivity index (χ1) is 9.36. The molecule has 0 fully saturated rings. The van der Waals surface area contributed by atoms with Gasteiger partial charge in [0.15, 0.2) is 0 Å². The van der Waals surface area contributed by atoms with Crippen LogP contribution in [0.15, 0.2) is 18.0 Å². The zero-order chi connectivity index (χ0) is 15.2. The van der Waals surface area contributed by atoms with Gasteiger partial charge >= 0.3 is 5.97 Å². The van der Waals surface area contributed by atoms with E-state index in [1.54, 1.807) is 17.4 Å². The van der Waals surface area contributed by atoms with Crippen LogP contribution in [0.25, 0.3) is 0 Å². The lowest BCUT2D eigenvalue weighted by Gasteiger charge is -2.18. The standard InChI is InChI=1S/C15H24N2O2S/c1-6-8-17(10-14(18)19-7-2)9-13-16-12(11-20-13)15(3,4)5/h6,11H,1,7-10H2,2-5H3. The second-order valence-corrected chi connectivity index (χ2v) is 6.58. The summed E-state index contributed by atoms with van der Waals surface area (Å²) in [7, 11) is 0. The number of ether oxygens (including phenoxy) is 1. The van der Waals surface area contributed by atoms with Crippen LogP contribution in [0, 0.1) is 0 Å². The molecule has 5 heteroatoms. The van der Waals surface area contributed by atoms with Gasteiger partial charge < -0.3 is 4.74 Å². The number of rotatable bonds is 7. The number of carbonyl (C=O) groups excluding carboxylic acids is 1. The molecule has 1 rings (SSSR count). The van der Waals surface area contributed by atoms with Crippen LogP contribution in [-0.2, 0) is 21.5 Å². The molecule has 1 aromatic rings. The topological polar surface area (TPSA) is 42.4 Å². The Morgan fingerprint density at radius 3 is 2.75 bits per heavy atom. The van der Waals surface area contributed by atoms with Crippen LogP contribution in [0.1, 0.15) is 38.4 Å². The zero-order valence-electron chi connectivity index (χ0n) is 12.8. The largest absolute Gasteiger partial charge is 0.465 e. The van der Waals surface area contributed by atoms with Crippen molar-refractivity contribution in [1.82, 2.24) is 9.88 Å². The van der Waals surface area contributed by atoms with E-state index in [2.05, 4.69) is 37.7 Å². The Kier molecular flexibility index (Phi) is 6.36. The van der Waals surface area contributed by atoms with E-state index in [1.807, 2.05) is 11.8 Å². The highest BCUT2D eigenvalue weighted by molar-refractivity contribution is 7.09. The van der Waals surface area contributed by atoms with Crippen molar-refractivity contribution in [1.29, 1.82) is 0 Å². The van der Waals surface area contributed by atoms with E-state index in [0.29, 0.717) is 19.7 Å². The van der Waals surface area contributed by atoms with Crippen LogP contribution in [0.2, 0.25) is 0 Å². The number of hydrogen-bond acceptors (Lipinski definition) is 5. The second kappa shape index (κ2) is 7.55. The Hall–Kier alpha value is -1.20. The number of aromatic nitrogens is 1. The normalized spacial score (nSPS) is 11.7. The molecule has 20 heavy (non-hydrogen) atoms. The van der Waals surface area contributed by atoms with Gasteiger partial charge in [-0.15, -0.1) is 17.9 Å². The molecule has 1 aromatic heterocycles. The molecule has 0 radical (unpaired) electrons. The summed E-state index contributed by atoms with van der Waals surface area (Å²) in [6, 6.07) is 0. The van der Waals surface area contributed by atoms with Crippen molar-refractivity contribution in [2.24, 2.45) is 0 Å². The molecule has 0 saturated carbocycles. The maximum absolute atomic E-state index is 11.6. The van der Waals surface area contributed by atoms with Crippen molar-refractivity contribution in [3.63, 3.8) is 0 Å². The third kappa shape index (κ3) is 5.43. The highest BCUT2D eigenvalue weighted by atomic mass is 32.1. The van der Waals surface area contributed by atoms with Gasteiger partial charge in [-0.25, -0.2) is 4.98 Å². The maximum Gasteiger partial charge on any atom is 0.320 e. The van der Waals surface area contributed by atoms with Gasteiger partial charge in [-0.05, 0) is 6.92 Å². The minimum absolute atomic E-state index is 0.0547. The van der Waals surface area contributed by atoms with Crippen molar-refractivity contribution >= 4 is 17.3 Å². The smallest absolute Gasteiger partial charge is 0.320 e. The SMILES string of the molecule is C=CCN(CC(=O)OCC)Cc1nc(C(C)(C)C)cs1. The molecule has 0 amide bonds. The average molecular weight is 296 g/mol. The van der Waals surface area contributed by atoms with Crippen LogP contribution in [-0.4, -0.2) is 35.5 Å². The summed E-state index contributed by atoms with van der Waals surface area (Å²) in [6.45, 7) is 13.9. The van der Waals surface area contributed by atoms with E-state index in [1.165, 1.54) is 0 Å². The van der Waals surface area contributed by atoms with Gasteiger partial charge in [0.1, 0.15) is 5.01 Å². The minimum atomic E-state index is -0.207. The molecule has 4 nitrogen and oxygen atoms in total. The van der Waals surface area contributed by atoms with E-state index in [0.717, 1.165) is 10.7 Å². The van der Waals surface area contributed by atoms with E-state index in [4.69, 9.17) is 4.74 Å². The number of hydrogen-bond donors (Lipinski definition) is 0. The molecule has 0 aliphatic heterocycles. The van der Waals surface area contributed by atoms with Crippen molar-refractivity contribution < 1.29 is 9.53 Å². The average Bonchev–Trinajstić information content (AvgIpc) is 2.77. The third-order valence-electron chi connectivity index (χ3n) is 2.72. The van der Waals surface area contributed by atoms with Crippen molar-refractivity contribution in [3.05, 3.63) is 28.7 Å². The lowest BCUT2D eigenvalue weighted by atomic mass is 9.93. The molecular formula is C15H24N2O2S. The fraction of sp³-hybridized carbons (Fsp3) is 0.600. The highest BCUT2D eigenvalue weighted by Gasteiger charge is 2.19. The molecule has 0 aromatic carbocycles. The summed E-state index contributed by atoms with van der Waals surface area (Å²) in [5.74, 6) is -0.207. The van der Waals surface area contributed by atoms with Gasteiger partial charge in [-0.1, -0.05) is 26.8 Å². The van der Waals surface area contributed by atoms with E-state index >= 15 is 0 Å². The van der Waals surface area contributed by atoms with E-state index < -0.39 is 0 Å². The zero-order valence-corrected chi connectivity index (χ0v) is 13.6. The maximum atomic E-state index is 11.6. The Morgan fingerprint density at radius 2 is 2.25 bits per heavy atom. The summed E-state index contributed by atoms with van der Waals surface area (Å²) in [5.41, 5.74) is 1.14. The molecule has 0 saturated heterocycles. The number of esters is 1. The predicted molar refractivity (Wildman–Crippen MR) is 82.9 cm³/mol. The molecule has 0 aliphatic carbocycles. The third-order valence-corrected chi connectivity index (χ3v) is 3.56. The van der Waals surface area contributed by atoms with Gasteiger partial charge in [-0.3, -0.25) is 9.69 Å². The first-order valence-electron chi connectivity index (χ1n) is 6.80. The van der Waals surface area contributed by atoms with Crippen molar-refractivity contribution in [2.45, 2.75) is 39.7 Å². The van der Waals surface area contributed by atoms with E-state index in [-0.39, 0.29) is 17.9 Å². The van der Waals surface area contributed by atoms with Crippen LogP contribution in [0.4, 0.5) is 0 Å². The summed E-state index contributed by atoms with van der Waals surface area (Å²) in [6.07, 6.45) is 1.79. The van der Waals surface area contributed by atoms with Crippen molar-refractivity contribution in [2.75, 3.05) is 19.7 Å². The van der Waals surface area contributed by atoms with Crippen LogP contribution in [0.5, 0.6) is 0 Å². The number of thiazole rings is 1. The molecular weight excluding hydrogens is 272 g/mol. The molecule has 0 spiro atoms. The molecule has 112 valence electrons. The summed E-state index contributed by atoms with van der Waals surface area (Å²) in [4.78, 5) is 18.2. The molecule has 0 aliphatic rings. The van der Waals surface area contributed by atoms with Gasteiger partial charge in [0.25, 0.3) is 0 Å². The minimum Gasteiger partial charge on any atom is -0.465 e. The first kappa shape index (κ1) is 16.9. The Morgan fingerprint density at radius 1 is 1.55 bits per heavy atom. The van der Waals surface area contributed by atoms with E-state index in [9.17, 15) is 4.79 Å². The Bertz CT molecular complexity index is 449. The van der Waals surface area contributed by atoms with Gasteiger partial charge in [0.2, 0.25) is 0 Å². The highest BCUT2D eigenvalue weighted by Crippen LogP contribution is 2.24. The fourth-order valence-electron chi connectivity index (χ4n) is 1.68. The first-order valence-corrected chi connectivity index (χ1v) is 7.68. The summed E-state index contributed by atoms with van der Waals surface area (Å²) in [5, 5.41) is 3.10. The van der Waals surface area contributed by atoms with Gasteiger partial charge in [0, 0.05) is 17.3 Å². The van der Waals surface area contributed by atoms with Crippen LogP contribution >= 0.6 is 11.3 Å². The molecule has 1 heterocycles. The predicted octanol–water partition coefficient (Wildman–Crippen LogP) is 2.99. The number of nitrogens with zero attached hydrogens (tertiary/aromatic N) is 2. The lowest BCUT2D eigenvalue weighted by Crippen LogP contribution is -2.30.